The lowest BCUT2D eigenvalue weighted by atomic mass is 9.90. The summed E-state index contributed by atoms with van der Waals surface area (Å²) in [6.45, 7) is 5.10. The van der Waals surface area contributed by atoms with E-state index in [1.807, 2.05) is 13.8 Å². The van der Waals surface area contributed by atoms with Crippen molar-refractivity contribution in [3.8, 4) is 0 Å². The van der Waals surface area contributed by atoms with Crippen molar-refractivity contribution in [2.45, 2.75) is 57.9 Å². The van der Waals surface area contributed by atoms with Crippen LogP contribution in [0.15, 0.2) is 0 Å². The summed E-state index contributed by atoms with van der Waals surface area (Å²) in [5.41, 5.74) is 4.58. The fourth-order valence-corrected chi connectivity index (χ4v) is 2.87. The van der Waals surface area contributed by atoms with E-state index < -0.39 is 11.5 Å². The molecule has 0 radical (unpaired) electrons. The van der Waals surface area contributed by atoms with Crippen LogP contribution in [0, 0.1) is 5.92 Å². The lowest BCUT2D eigenvalue weighted by Crippen LogP contribution is -2.53. The van der Waals surface area contributed by atoms with E-state index in [1.165, 1.54) is 0 Å². The normalized spacial score (nSPS) is 24.5. The zero-order chi connectivity index (χ0) is 14.5. The molecule has 5 nitrogen and oxygen atoms in total. The van der Waals surface area contributed by atoms with Gasteiger partial charge >= 0.3 is 5.97 Å². The molecule has 1 saturated heterocycles. The third-order valence-electron chi connectivity index (χ3n) is 4.10. The molecule has 0 saturated carbocycles. The van der Waals surface area contributed by atoms with Crippen molar-refractivity contribution in [2.75, 3.05) is 13.1 Å². The number of likely N-dealkylation sites (tertiary alicyclic amines) is 1. The first-order valence-electron chi connectivity index (χ1n) is 7.22. The zero-order valence-electron chi connectivity index (χ0n) is 12.0. The number of carbonyl (C=O) groups excluding carboxylic acids is 1. The first-order chi connectivity index (χ1) is 8.97. The first kappa shape index (κ1) is 16.0. The van der Waals surface area contributed by atoms with Gasteiger partial charge in [0, 0.05) is 13.0 Å². The van der Waals surface area contributed by atoms with E-state index in [0.717, 1.165) is 19.3 Å². The van der Waals surface area contributed by atoms with E-state index >= 15 is 0 Å². The quantitative estimate of drug-likeness (QED) is 0.736. The maximum absolute atomic E-state index is 12.3. The number of nitrogens with two attached hydrogens (primary N) is 1. The van der Waals surface area contributed by atoms with E-state index in [4.69, 9.17) is 5.73 Å². The van der Waals surface area contributed by atoms with Gasteiger partial charge in [-0.1, -0.05) is 20.3 Å². The summed E-state index contributed by atoms with van der Waals surface area (Å²) in [6.07, 6.45) is 3.80. The molecule has 1 fully saturated rings. The predicted octanol–water partition coefficient (Wildman–Crippen LogP) is 1.61. The first-order valence-corrected chi connectivity index (χ1v) is 7.22. The lowest BCUT2D eigenvalue weighted by molar-refractivity contribution is -0.157. The number of nitrogens with zero attached hydrogens (tertiary/aromatic N) is 1. The summed E-state index contributed by atoms with van der Waals surface area (Å²) in [4.78, 5) is 25.5. The number of rotatable bonds is 7. The lowest BCUT2D eigenvalue weighted by Gasteiger charge is -2.35. The number of carboxylic acid groups (broad SMARTS) is 1. The summed E-state index contributed by atoms with van der Waals surface area (Å²) < 4.78 is 0. The van der Waals surface area contributed by atoms with Crippen LogP contribution in [0.2, 0.25) is 0 Å². The Morgan fingerprint density at radius 1 is 1.47 bits per heavy atom. The molecule has 1 rings (SSSR count). The van der Waals surface area contributed by atoms with Gasteiger partial charge in [0.05, 0.1) is 0 Å². The van der Waals surface area contributed by atoms with Gasteiger partial charge in [-0.3, -0.25) is 4.79 Å². The van der Waals surface area contributed by atoms with Crippen LogP contribution in [0.1, 0.15) is 52.4 Å². The second-order valence-corrected chi connectivity index (χ2v) is 5.62. The van der Waals surface area contributed by atoms with Crippen LogP contribution >= 0.6 is 0 Å². The summed E-state index contributed by atoms with van der Waals surface area (Å²) in [7, 11) is 0. The highest BCUT2D eigenvalue weighted by atomic mass is 16.4. The van der Waals surface area contributed by atoms with E-state index in [2.05, 4.69) is 0 Å². The number of carboxylic acids is 1. The number of amides is 1. The van der Waals surface area contributed by atoms with Crippen molar-refractivity contribution in [2.24, 2.45) is 11.7 Å². The van der Waals surface area contributed by atoms with E-state index in [-0.39, 0.29) is 5.91 Å². The Labute approximate surface area is 115 Å². The van der Waals surface area contributed by atoms with Crippen LogP contribution in [-0.4, -0.2) is 40.5 Å². The Morgan fingerprint density at radius 3 is 2.68 bits per heavy atom. The highest BCUT2D eigenvalue weighted by Gasteiger charge is 2.48. The Hall–Kier alpha value is -1.10. The molecule has 1 amide bonds. The molecule has 0 spiro atoms. The Balaban J connectivity index is 2.73. The van der Waals surface area contributed by atoms with Gasteiger partial charge in [-0.15, -0.1) is 0 Å². The number of aliphatic carboxylic acids is 1. The monoisotopic (exact) mass is 270 g/mol. The van der Waals surface area contributed by atoms with Gasteiger partial charge in [-0.2, -0.15) is 0 Å². The van der Waals surface area contributed by atoms with E-state index in [9.17, 15) is 14.7 Å². The SMILES string of the molecule is CCCC1(C(=O)O)CCCN1C(=O)CCC(C)CN. The van der Waals surface area contributed by atoms with Gasteiger partial charge in [0.2, 0.25) is 5.91 Å². The van der Waals surface area contributed by atoms with Crippen LogP contribution in [0.5, 0.6) is 0 Å². The smallest absolute Gasteiger partial charge is 0.329 e. The van der Waals surface area contributed by atoms with Crippen LogP contribution in [0.25, 0.3) is 0 Å². The third-order valence-corrected chi connectivity index (χ3v) is 4.10. The Bertz CT molecular complexity index is 333. The largest absolute Gasteiger partial charge is 0.479 e. The van der Waals surface area contributed by atoms with Crippen molar-refractivity contribution in [1.82, 2.24) is 4.90 Å². The standard InChI is InChI=1S/C14H26N2O3/c1-3-7-14(13(18)19)8-4-9-16(14)12(17)6-5-11(2)10-15/h11H,3-10,15H2,1-2H3,(H,18,19). The number of hydrogen-bond acceptors (Lipinski definition) is 3. The molecule has 0 aromatic rings. The fraction of sp³-hybridized carbons (Fsp3) is 0.857. The summed E-state index contributed by atoms with van der Waals surface area (Å²) in [6, 6.07) is 0. The highest BCUT2D eigenvalue weighted by molar-refractivity contribution is 5.87. The third kappa shape index (κ3) is 3.47. The van der Waals surface area contributed by atoms with Crippen LogP contribution in [-0.2, 0) is 9.59 Å². The molecule has 1 aliphatic heterocycles. The molecule has 19 heavy (non-hydrogen) atoms. The van der Waals surface area contributed by atoms with Crippen molar-refractivity contribution >= 4 is 11.9 Å². The Kier molecular flexibility index (Phi) is 5.79. The Morgan fingerprint density at radius 2 is 2.16 bits per heavy atom. The van der Waals surface area contributed by atoms with E-state index in [0.29, 0.717) is 38.3 Å². The van der Waals surface area contributed by atoms with Crippen molar-refractivity contribution in [1.29, 1.82) is 0 Å². The van der Waals surface area contributed by atoms with Crippen molar-refractivity contribution in [3.63, 3.8) is 0 Å². The van der Waals surface area contributed by atoms with Gasteiger partial charge in [-0.25, -0.2) is 4.79 Å². The van der Waals surface area contributed by atoms with Crippen molar-refractivity contribution < 1.29 is 14.7 Å². The molecule has 1 heterocycles. The molecule has 0 bridgehead atoms. The van der Waals surface area contributed by atoms with Gasteiger partial charge in [0.15, 0.2) is 0 Å². The highest BCUT2D eigenvalue weighted by Crippen LogP contribution is 2.34. The minimum Gasteiger partial charge on any atom is -0.479 e. The van der Waals surface area contributed by atoms with Crippen LogP contribution in [0.3, 0.4) is 0 Å². The van der Waals surface area contributed by atoms with Gasteiger partial charge < -0.3 is 15.7 Å². The number of hydrogen-bond donors (Lipinski definition) is 2. The van der Waals surface area contributed by atoms with Gasteiger partial charge in [0.25, 0.3) is 0 Å². The molecule has 0 aliphatic carbocycles. The molecule has 3 N–H and O–H groups in total. The average Bonchev–Trinajstić information content (AvgIpc) is 2.81. The molecular weight excluding hydrogens is 244 g/mol. The molecule has 110 valence electrons. The van der Waals surface area contributed by atoms with E-state index in [1.54, 1.807) is 4.90 Å². The maximum Gasteiger partial charge on any atom is 0.329 e. The second kappa shape index (κ2) is 6.89. The molecular formula is C14H26N2O3. The summed E-state index contributed by atoms with van der Waals surface area (Å²) in [5.74, 6) is -0.585. The molecule has 0 aromatic heterocycles. The fourth-order valence-electron chi connectivity index (χ4n) is 2.87. The summed E-state index contributed by atoms with van der Waals surface area (Å²) >= 11 is 0. The maximum atomic E-state index is 12.3. The average molecular weight is 270 g/mol. The molecule has 1 aliphatic rings. The minimum atomic E-state index is -0.961. The van der Waals surface area contributed by atoms with Gasteiger partial charge in [-0.05, 0) is 38.1 Å². The topological polar surface area (TPSA) is 83.6 Å². The van der Waals surface area contributed by atoms with Crippen molar-refractivity contribution in [3.05, 3.63) is 0 Å². The molecule has 5 heteroatoms. The predicted molar refractivity (Wildman–Crippen MR) is 73.7 cm³/mol. The van der Waals surface area contributed by atoms with Crippen LogP contribution < -0.4 is 5.73 Å². The summed E-state index contributed by atoms with van der Waals surface area (Å²) in [5, 5.41) is 9.52. The second-order valence-electron chi connectivity index (χ2n) is 5.62. The molecule has 2 unspecified atom stereocenters. The molecule has 0 aromatic carbocycles. The molecule has 2 atom stereocenters. The number of carbonyl (C=O) groups is 2. The van der Waals surface area contributed by atoms with Gasteiger partial charge in [0.1, 0.15) is 5.54 Å². The minimum absolute atomic E-state index is 0.0337. The van der Waals surface area contributed by atoms with Crippen LogP contribution in [0.4, 0.5) is 0 Å². The zero-order valence-corrected chi connectivity index (χ0v) is 12.0.